The summed E-state index contributed by atoms with van der Waals surface area (Å²) in [7, 11) is 0. The molecule has 7 aromatic rings. The fourth-order valence-electron chi connectivity index (χ4n) is 5.54. The molecule has 1 aromatic heterocycles. The van der Waals surface area contributed by atoms with Crippen molar-refractivity contribution in [1.82, 2.24) is 4.37 Å². The first-order valence-electron chi connectivity index (χ1n) is 16.1. The molecule has 1 unspecified atom stereocenters. The van der Waals surface area contributed by atoms with Crippen molar-refractivity contribution in [3.8, 4) is 0 Å². The van der Waals surface area contributed by atoms with Gasteiger partial charge in [0.25, 0.3) is 5.69 Å². The van der Waals surface area contributed by atoms with Crippen molar-refractivity contribution in [3.63, 3.8) is 0 Å². The molecule has 1 atom stereocenters. The van der Waals surface area contributed by atoms with Crippen LogP contribution in [0.25, 0.3) is 32.4 Å². The average molecular weight is 678 g/mol. The number of fused-ring (bicyclic) bond motifs is 3. The van der Waals surface area contributed by atoms with Crippen LogP contribution in [0.5, 0.6) is 0 Å². The zero-order valence-corrected chi connectivity index (χ0v) is 28.3. The van der Waals surface area contributed by atoms with Crippen LogP contribution in [0.3, 0.4) is 0 Å². The van der Waals surface area contributed by atoms with Crippen molar-refractivity contribution in [2.24, 2.45) is 30.7 Å². The molecule has 50 heavy (non-hydrogen) atoms. The van der Waals surface area contributed by atoms with Crippen LogP contribution < -0.4 is 5.32 Å². The Kier molecular flexibility index (Phi) is 9.08. The third-order valence-electron chi connectivity index (χ3n) is 8.41. The fraction of sp³-hybridized carbons (Fsp3) is 0.132. The lowest BCUT2D eigenvalue weighted by molar-refractivity contribution is -0.384. The highest BCUT2D eigenvalue weighted by Crippen LogP contribution is 2.38. The molecule has 1 N–H and O–H groups in total. The maximum absolute atomic E-state index is 11.2. The van der Waals surface area contributed by atoms with Crippen molar-refractivity contribution in [2.45, 2.75) is 33.2 Å². The van der Waals surface area contributed by atoms with Crippen molar-refractivity contribution in [3.05, 3.63) is 125 Å². The van der Waals surface area contributed by atoms with Gasteiger partial charge in [0, 0.05) is 50.8 Å². The number of benzene rings is 6. The van der Waals surface area contributed by atoms with Gasteiger partial charge in [-0.05, 0) is 85.9 Å². The molecule has 0 aliphatic heterocycles. The molecular weight excluding hydrogens is 647 g/mol. The number of nitro groups is 1. The van der Waals surface area contributed by atoms with Crippen LogP contribution >= 0.6 is 11.5 Å². The van der Waals surface area contributed by atoms with Crippen LogP contribution in [-0.4, -0.2) is 15.3 Å². The summed E-state index contributed by atoms with van der Waals surface area (Å²) in [5.41, 5.74) is 6.10. The minimum absolute atomic E-state index is 0.0170. The van der Waals surface area contributed by atoms with E-state index in [1.54, 1.807) is 6.07 Å². The van der Waals surface area contributed by atoms with Crippen molar-refractivity contribution in [1.29, 1.82) is 0 Å². The molecule has 0 fully saturated rings. The Balaban J connectivity index is 1.12. The molecule has 0 aliphatic carbocycles. The number of azo groups is 3. The van der Waals surface area contributed by atoms with Gasteiger partial charge in [0.15, 0.2) is 5.00 Å². The lowest BCUT2D eigenvalue weighted by Gasteiger charge is -2.15. The topological polar surface area (TPSA) is 142 Å². The molecule has 0 saturated carbocycles. The number of hydrogen-bond acceptors (Lipinski definition) is 11. The molecule has 6 aromatic carbocycles. The van der Waals surface area contributed by atoms with E-state index in [1.165, 1.54) is 12.1 Å². The van der Waals surface area contributed by atoms with Gasteiger partial charge in [-0.3, -0.25) is 10.1 Å². The van der Waals surface area contributed by atoms with Crippen molar-refractivity contribution < 1.29 is 4.92 Å². The van der Waals surface area contributed by atoms with Crippen molar-refractivity contribution >= 4 is 88.8 Å². The fourth-order valence-corrected chi connectivity index (χ4v) is 6.22. The molecule has 12 heteroatoms. The zero-order chi connectivity index (χ0) is 34.6. The Morgan fingerprint density at radius 1 is 0.700 bits per heavy atom. The lowest BCUT2D eigenvalue weighted by Crippen LogP contribution is -2.13. The van der Waals surface area contributed by atoms with Crippen molar-refractivity contribution in [2.75, 3.05) is 5.32 Å². The van der Waals surface area contributed by atoms with Gasteiger partial charge in [0.05, 0.1) is 38.9 Å². The minimum Gasteiger partial charge on any atom is -0.382 e. The summed E-state index contributed by atoms with van der Waals surface area (Å²) in [6.07, 6.45) is 1.03. The summed E-state index contributed by atoms with van der Waals surface area (Å²) in [6, 6.07) is 34.5. The molecule has 7 rings (SSSR count). The zero-order valence-electron chi connectivity index (χ0n) is 27.5. The van der Waals surface area contributed by atoms with Crippen LogP contribution in [0.15, 0.2) is 140 Å². The van der Waals surface area contributed by atoms with E-state index in [0.717, 1.165) is 62.1 Å². The number of hydrogen-bond donors (Lipinski definition) is 1. The van der Waals surface area contributed by atoms with Gasteiger partial charge in [0.2, 0.25) is 0 Å². The lowest BCUT2D eigenvalue weighted by atomic mass is 10.1. The average Bonchev–Trinajstić information content (AvgIpc) is 3.55. The number of non-ortho nitro benzene ring substituents is 1. The summed E-state index contributed by atoms with van der Waals surface area (Å²) in [5, 5.41) is 47.1. The number of aryl methyl sites for hydroxylation is 1. The first kappa shape index (κ1) is 32.3. The Labute approximate surface area is 291 Å². The van der Waals surface area contributed by atoms with E-state index >= 15 is 0 Å². The number of nitrogens with zero attached hydrogens (tertiary/aromatic N) is 8. The van der Waals surface area contributed by atoms with Crippen LogP contribution in [0.2, 0.25) is 0 Å². The molecule has 246 valence electrons. The van der Waals surface area contributed by atoms with E-state index in [2.05, 4.69) is 67.3 Å². The molecular formula is C38H31N9O2S. The Bertz CT molecular complexity index is 2490. The van der Waals surface area contributed by atoms with Gasteiger partial charge in [-0.1, -0.05) is 55.5 Å². The van der Waals surface area contributed by atoms with Crippen LogP contribution in [0, 0.1) is 17.0 Å². The quantitative estimate of drug-likeness (QED) is 0.0872. The predicted molar refractivity (Wildman–Crippen MR) is 201 cm³/mol. The van der Waals surface area contributed by atoms with E-state index in [-0.39, 0.29) is 5.69 Å². The predicted octanol–water partition coefficient (Wildman–Crippen LogP) is 13.3. The normalized spacial score (nSPS) is 12.6. The summed E-state index contributed by atoms with van der Waals surface area (Å²) in [6.45, 7) is 6.26. The smallest absolute Gasteiger partial charge is 0.270 e. The molecule has 0 aliphatic rings. The van der Waals surface area contributed by atoms with Crippen LogP contribution in [0.4, 0.5) is 44.8 Å². The van der Waals surface area contributed by atoms with E-state index < -0.39 is 4.92 Å². The van der Waals surface area contributed by atoms with Gasteiger partial charge in [-0.25, -0.2) is 0 Å². The molecule has 0 spiro atoms. The highest BCUT2D eigenvalue weighted by Gasteiger charge is 2.13. The van der Waals surface area contributed by atoms with Gasteiger partial charge in [-0.15, -0.1) is 25.6 Å². The third kappa shape index (κ3) is 6.69. The summed E-state index contributed by atoms with van der Waals surface area (Å²) >= 11 is 1.14. The van der Waals surface area contributed by atoms with Crippen LogP contribution in [-0.2, 0) is 0 Å². The highest BCUT2D eigenvalue weighted by molar-refractivity contribution is 7.11. The second kappa shape index (κ2) is 14.1. The maximum Gasteiger partial charge on any atom is 0.270 e. The number of rotatable bonds is 10. The van der Waals surface area contributed by atoms with Gasteiger partial charge in [0.1, 0.15) is 0 Å². The third-order valence-corrected chi connectivity index (χ3v) is 9.18. The SMILES string of the molecule is CCC(C)Nc1ccc(/N=N/c2ccc(/N=N/c3ccc(/N=N/c4snc5ccc([N+](=O)[O-])cc45)c(C)c3)c3ccccc23)c2ccccc12. The Morgan fingerprint density at radius 3 is 1.92 bits per heavy atom. The van der Waals surface area contributed by atoms with Gasteiger partial charge >= 0.3 is 0 Å². The molecule has 0 radical (unpaired) electrons. The van der Waals surface area contributed by atoms with Gasteiger partial charge in [-0.2, -0.15) is 9.49 Å². The molecule has 0 saturated heterocycles. The molecule has 0 bridgehead atoms. The Morgan fingerprint density at radius 2 is 1.28 bits per heavy atom. The largest absolute Gasteiger partial charge is 0.382 e. The van der Waals surface area contributed by atoms with E-state index in [0.29, 0.717) is 39.0 Å². The number of aromatic nitrogens is 1. The maximum atomic E-state index is 11.2. The second-order valence-corrected chi connectivity index (χ2v) is 12.5. The monoisotopic (exact) mass is 677 g/mol. The molecule has 0 amide bonds. The first-order valence-corrected chi connectivity index (χ1v) is 16.8. The molecule has 11 nitrogen and oxygen atoms in total. The van der Waals surface area contributed by atoms with E-state index in [4.69, 9.17) is 5.11 Å². The number of nitro benzene ring substituents is 1. The second-order valence-electron chi connectivity index (χ2n) is 11.8. The Hall–Kier alpha value is -6.27. The standard InChI is InChI=1S/C38H31N9O2S/c1-4-24(3)39-33-17-18-35(28-10-6-5-9-27(28)33)43-44-36-20-19-34(29-11-7-8-12-30(29)36)42-40-25-13-15-32(23(2)21-25)41-45-38-31-22-26(47(48)49)14-16-37(31)46-50-38/h5-22,24,39H,4H2,1-3H3/b42-40+,44-43+,45-41+. The van der Waals surface area contributed by atoms with Gasteiger partial charge < -0.3 is 5.32 Å². The number of anilines is 1. The summed E-state index contributed by atoms with van der Waals surface area (Å²) in [5.74, 6) is 0. The summed E-state index contributed by atoms with van der Waals surface area (Å²) in [4.78, 5) is 10.8. The molecule has 1 heterocycles. The van der Waals surface area contributed by atoms with E-state index in [1.807, 2.05) is 79.7 Å². The minimum atomic E-state index is -0.438. The number of nitrogens with one attached hydrogen (secondary N) is 1. The van der Waals surface area contributed by atoms with E-state index in [9.17, 15) is 10.1 Å². The highest BCUT2D eigenvalue weighted by atomic mass is 32.1. The first-order chi connectivity index (χ1) is 24.4. The summed E-state index contributed by atoms with van der Waals surface area (Å²) < 4.78 is 4.32. The van der Waals surface area contributed by atoms with Crippen LogP contribution in [0.1, 0.15) is 25.8 Å².